The van der Waals surface area contributed by atoms with Gasteiger partial charge in [-0.3, -0.25) is 15.0 Å². The summed E-state index contributed by atoms with van der Waals surface area (Å²) in [7, 11) is 0. The monoisotopic (exact) mass is 266 g/mol. The van der Waals surface area contributed by atoms with Crippen LogP contribution in [-0.4, -0.2) is 47.8 Å². The number of hydrogen-bond donors (Lipinski definition) is 1. The van der Waals surface area contributed by atoms with Crippen LogP contribution in [-0.2, 0) is 17.7 Å². The van der Waals surface area contributed by atoms with Crippen molar-refractivity contribution in [1.82, 2.24) is 4.90 Å². The van der Waals surface area contributed by atoms with Gasteiger partial charge >= 0.3 is 0 Å². The average molecular weight is 266 g/mol. The minimum atomic E-state index is -0.307. The summed E-state index contributed by atoms with van der Waals surface area (Å²) < 4.78 is 5.24. The summed E-state index contributed by atoms with van der Waals surface area (Å²) in [6.07, 6.45) is 0.701. The molecule has 0 aromatic heterocycles. The Bertz CT molecular complexity index is 450. The number of benzene rings is 1. The van der Waals surface area contributed by atoms with Gasteiger partial charge in [0.15, 0.2) is 0 Å². The van der Waals surface area contributed by atoms with Crippen LogP contribution in [0.4, 0.5) is 5.69 Å². The lowest BCUT2D eigenvalue weighted by atomic mass is 9.98. The minimum Gasteiger partial charge on any atom is -0.394 e. The van der Waals surface area contributed by atoms with Gasteiger partial charge in [0.05, 0.1) is 24.7 Å². The van der Waals surface area contributed by atoms with Crippen LogP contribution in [0.3, 0.4) is 0 Å². The summed E-state index contributed by atoms with van der Waals surface area (Å²) in [6.45, 7) is 3.28. The van der Waals surface area contributed by atoms with Gasteiger partial charge in [-0.2, -0.15) is 0 Å². The Balaban J connectivity index is 1.96. The van der Waals surface area contributed by atoms with Gasteiger partial charge in [0.25, 0.3) is 5.69 Å². The van der Waals surface area contributed by atoms with Gasteiger partial charge in [-0.15, -0.1) is 0 Å². The van der Waals surface area contributed by atoms with Gasteiger partial charge in [-0.05, 0) is 12.0 Å². The number of fused-ring (bicyclic) bond motifs is 1. The third-order valence-electron chi connectivity index (χ3n) is 3.30. The van der Waals surface area contributed by atoms with Crippen molar-refractivity contribution < 1.29 is 14.8 Å². The molecule has 0 spiro atoms. The fourth-order valence-corrected chi connectivity index (χ4v) is 2.37. The van der Waals surface area contributed by atoms with Crippen LogP contribution in [0.2, 0.25) is 0 Å². The van der Waals surface area contributed by atoms with E-state index >= 15 is 0 Å². The molecule has 1 aromatic rings. The Morgan fingerprint density at radius 1 is 1.42 bits per heavy atom. The second-order valence-corrected chi connectivity index (χ2v) is 4.53. The van der Waals surface area contributed by atoms with E-state index in [9.17, 15) is 10.1 Å². The fourth-order valence-electron chi connectivity index (χ4n) is 2.37. The number of nitro groups is 1. The summed E-state index contributed by atoms with van der Waals surface area (Å²) in [5.41, 5.74) is 2.12. The maximum atomic E-state index is 10.9. The topological polar surface area (TPSA) is 75.8 Å². The highest BCUT2D eigenvalue weighted by Crippen LogP contribution is 2.27. The number of nitro benzene ring substituents is 1. The van der Waals surface area contributed by atoms with Crippen LogP contribution in [0.5, 0.6) is 0 Å². The maximum Gasteiger partial charge on any atom is 0.272 e. The SMILES string of the molecule is O=[N+]([O-])c1cccc2c1CCN(CCOCCO)C2. The first-order valence-electron chi connectivity index (χ1n) is 6.38. The van der Waals surface area contributed by atoms with Gasteiger partial charge in [-0.25, -0.2) is 0 Å². The molecule has 19 heavy (non-hydrogen) atoms. The van der Waals surface area contributed by atoms with Crippen molar-refractivity contribution in [2.24, 2.45) is 0 Å². The largest absolute Gasteiger partial charge is 0.394 e. The van der Waals surface area contributed by atoms with Gasteiger partial charge < -0.3 is 9.84 Å². The number of hydrogen-bond acceptors (Lipinski definition) is 5. The second-order valence-electron chi connectivity index (χ2n) is 4.53. The zero-order valence-electron chi connectivity index (χ0n) is 10.7. The van der Waals surface area contributed by atoms with E-state index in [0.29, 0.717) is 19.6 Å². The van der Waals surface area contributed by atoms with Crippen LogP contribution in [0, 0.1) is 10.1 Å². The van der Waals surface area contributed by atoms with Crippen molar-refractivity contribution in [2.75, 3.05) is 32.9 Å². The number of nitrogens with zero attached hydrogens (tertiary/aromatic N) is 2. The van der Waals surface area contributed by atoms with Crippen molar-refractivity contribution in [1.29, 1.82) is 0 Å². The Morgan fingerprint density at radius 2 is 2.26 bits per heavy atom. The highest BCUT2D eigenvalue weighted by atomic mass is 16.6. The molecule has 0 aliphatic carbocycles. The van der Waals surface area contributed by atoms with Gasteiger partial charge in [-0.1, -0.05) is 12.1 Å². The van der Waals surface area contributed by atoms with Crippen molar-refractivity contribution in [3.8, 4) is 0 Å². The first-order valence-corrected chi connectivity index (χ1v) is 6.38. The van der Waals surface area contributed by atoms with Crippen LogP contribution in [0.1, 0.15) is 11.1 Å². The third-order valence-corrected chi connectivity index (χ3v) is 3.30. The van der Waals surface area contributed by atoms with Crippen LogP contribution < -0.4 is 0 Å². The molecule has 6 heteroatoms. The van der Waals surface area contributed by atoms with Crippen LogP contribution in [0.15, 0.2) is 18.2 Å². The molecule has 0 saturated heterocycles. The van der Waals surface area contributed by atoms with Crippen molar-refractivity contribution in [3.63, 3.8) is 0 Å². The molecule has 2 rings (SSSR count). The smallest absolute Gasteiger partial charge is 0.272 e. The van der Waals surface area contributed by atoms with Gasteiger partial charge in [0.2, 0.25) is 0 Å². The zero-order valence-corrected chi connectivity index (χ0v) is 10.7. The summed E-state index contributed by atoms with van der Waals surface area (Å²) >= 11 is 0. The molecule has 0 saturated carbocycles. The highest BCUT2D eigenvalue weighted by Gasteiger charge is 2.23. The Hall–Kier alpha value is -1.50. The predicted molar refractivity (Wildman–Crippen MR) is 70.0 cm³/mol. The van der Waals surface area contributed by atoms with E-state index in [2.05, 4.69) is 4.90 Å². The standard InChI is InChI=1S/C13H18N2O4/c16-7-9-19-8-6-14-5-4-12-11(10-14)2-1-3-13(12)15(17)18/h1-3,16H,4-10H2. The molecule has 1 N–H and O–H groups in total. The Morgan fingerprint density at radius 3 is 3.00 bits per heavy atom. The van der Waals surface area contributed by atoms with E-state index in [0.717, 1.165) is 30.8 Å². The number of ether oxygens (including phenoxy) is 1. The molecule has 0 radical (unpaired) electrons. The fraction of sp³-hybridized carbons (Fsp3) is 0.538. The first-order chi connectivity index (χ1) is 9.22. The molecule has 1 aromatic carbocycles. The van der Waals surface area contributed by atoms with Crippen molar-refractivity contribution >= 4 is 5.69 Å². The van der Waals surface area contributed by atoms with Crippen molar-refractivity contribution in [2.45, 2.75) is 13.0 Å². The molecule has 0 amide bonds. The molecular formula is C13H18N2O4. The molecule has 104 valence electrons. The lowest BCUT2D eigenvalue weighted by Gasteiger charge is -2.28. The van der Waals surface area contributed by atoms with E-state index in [-0.39, 0.29) is 17.2 Å². The number of rotatable bonds is 6. The number of aliphatic hydroxyl groups excluding tert-OH is 1. The van der Waals surface area contributed by atoms with Crippen LogP contribution in [0.25, 0.3) is 0 Å². The molecule has 0 unspecified atom stereocenters. The zero-order chi connectivity index (χ0) is 13.7. The summed E-state index contributed by atoms with van der Waals surface area (Å²) in [4.78, 5) is 12.9. The highest BCUT2D eigenvalue weighted by molar-refractivity contribution is 5.46. The molecular weight excluding hydrogens is 248 g/mol. The molecule has 1 aliphatic rings. The van der Waals surface area contributed by atoms with Gasteiger partial charge in [0.1, 0.15) is 0 Å². The Labute approximate surface area is 111 Å². The number of aliphatic hydroxyl groups is 1. The molecule has 1 heterocycles. The molecule has 0 bridgehead atoms. The average Bonchev–Trinajstić information content (AvgIpc) is 2.42. The summed E-state index contributed by atoms with van der Waals surface area (Å²) in [5, 5.41) is 19.6. The predicted octanol–water partition coefficient (Wildman–Crippen LogP) is 0.962. The normalized spacial score (nSPS) is 15.2. The minimum absolute atomic E-state index is 0.0367. The van der Waals surface area contributed by atoms with E-state index in [1.54, 1.807) is 12.1 Å². The van der Waals surface area contributed by atoms with E-state index in [4.69, 9.17) is 9.84 Å². The van der Waals surface area contributed by atoms with E-state index < -0.39 is 0 Å². The first kappa shape index (κ1) is 13.9. The maximum absolute atomic E-state index is 10.9. The quantitative estimate of drug-likeness (QED) is 0.471. The van der Waals surface area contributed by atoms with Gasteiger partial charge in [0, 0.05) is 31.3 Å². The van der Waals surface area contributed by atoms with E-state index in [1.165, 1.54) is 0 Å². The Kier molecular flexibility index (Phi) is 4.84. The summed E-state index contributed by atoms with van der Waals surface area (Å²) in [5.74, 6) is 0. The van der Waals surface area contributed by atoms with E-state index in [1.807, 2.05) is 6.07 Å². The summed E-state index contributed by atoms with van der Waals surface area (Å²) in [6, 6.07) is 5.25. The lowest BCUT2D eigenvalue weighted by Crippen LogP contribution is -2.33. The molecule has 0 atom stereocenters. The van der Waals surface area contributed by atoms with Crippen LogP contribution >= 0.6 is 0 Å². The molecule has 6 nitrogen and oxygen atoms in total. The molecule has 1 aliphatic heterocycles. The third kappa shape index (κ3) is 3.50. The molecule has 0 fully saturated rings. The lowest BCUT2D eigenvalue weighted by molar-refractivity contribution is -0.385. The second kappa shape index (κ2) is 6.60. The van der Waals surface area contributed by atoms with Crippen molar-refractivity contribution in [3.05, 3.63) is 39.4 Å².